The third kappa shape index (κ3) is 9.71. The Balaban J connectivity index is 1.06. The van der Waals surface area contributed by atoms with Gasteiger partial charge in [-0.3, -0.25) is 23.9 Å². The molecule has 1 unspecified atom stereocenters. The number of alkyl carbamates (subject to hydrolysis) is 1. The highest BCUT2D eigenvalue weighted by Crippen LogP contribution is 2.46. The zero-order valence-corrected chi connectivity index (χ0v) is 37.9. The van der Waals surface area contributed by atoms with E-state index in [4.69, 9.17) is 19.2 Å². The molecular formula is C48H62N6O10S. The van der Waals surface area contributed by atoms with Gasteiger partial charge in [0.25, 0.3) is 5.91 Å². The van der Waals surface area contributed by atoms with Crippen LogP contribution in [-0.2, 0) is 40.4 Å². The maximum absolute atomic E-state index is 15.1. The number of hydrogen-bond acceptors (Lipinski definition) is 11. The third-order valence-electron chi connectivity index (χ3n) is 14.7. The van der Waals surface area contributed by atoms with Crippen molar-refractivity contribution in [3.05, 3.63) is 54.6 Å². The number of hydrogen-bond donors (Lipinski definition) is 3. The van der Waals surface area contributed by atoms with E-state index in [2.05, 4.69) is 34.1 Å². The molecule has 17 heteroatoms. The Morgan fingerprint density at radius 2 is 1.78 bits per heavy atom. The van der Waals surface area contributed by atoms with E-state index in [1.54, 1.807) is 0 Å². The summed E-state index contributed by atoms with van der Waals surface area (Å²) in [5.74, 6) is -1.42. The zero-order valence-electron chi connectivity index (χ0n) is 37.0. The normalized spacial score (nSPS) is 30.3. The third-order valence-corrected chi connectivity index (χ3v) is 16.5. The van der Waals surface area contributed by atoms with Crippen molar-refractivity contribution >= 4 is 50.6 Å². The van der Waals surface area contributed by atoms with E-state index in [9.17, 15) is 27.6 Å². The van der Waals surface area contributed by atoms with E-state index in [1.165, 1.54) is 11.0 Å². The van der Waals surface area contributed by atoms with Crippen LogP contribution in [0.5, 0.6) is 11.6 Å². The number of amides is 5. The molecule has 3 aliphatic heterocycles. The van der Waals surface area contributed by atoms with Crippen LogP contribution in [-0.4, -0.2) is 114 Å². The lowest BCUT2D eigenvalue weighted by Crippen LogP contribution is -2.59. The standard InChI is InChI=1S/C48H62N6O10S/c1-2-32-28-48(32,46(58)52-65(60,61)34-22-23-34)51-43(56)38-27-33-29-54(38)45(57)41(31-14-6-7-15-31)50-47(59)64-39-20-10-16-30(39)13-4-3-5-18-36-42(62-26-12-25-53-24-11-21-40(53)55)35-17-8-9-19-37(35)49-44(36)63-33/h2-3,5,8-9,17,19,30-34,38-39,41H,1,4,6-7,10-16,18,20-29H2,(H,50,59)(H,51,56)(H,52,58)/b5-3+/t30-,32?,33-,38+,39-,41+,48-/m1/s1. The van der Waals surface area contributed by atoms with Crippen molar-refractivity contribution in [1.29, 1.82) is 0 Å². The molecular weight excluding hydrogens is 853 g/mol. The monoisotopic (exact) mass is 914 g/mol. The van der Waals surface area contributed by atoms with Crippen molar-refractivity contribution in [2.45, 2.75) is 144 Å². The van der Waals surface area contributed by atoms with Gasteiger partial charge in [-0.05, 0) is 107 Å². The molecule has 0 radical (unpaired) electrons. The second kappa shape index (κ2) is 19.0. The molecule has 2 aromatic rings. The van der Waals surface area contributed by atoms with Gasteiger partial charge in [-0.1, -0.05) is 43.2 Å². The second-order valence-electron chi connectivity index (χ2n) is 19.1. The van der Waals surface area contributed by atoms with Gasteiger partial charge >= 0.3 is 6.09 Å². The van der Waals surface area contributed by atoms with Gasteiger partial charge in [0, 0.05) is 37.2 Å². The maximum Gasteiger partial charge on any atom is 0.408 e. The lowest BCUT2D eigenvalue weighted by Gasteiger charge is -2.32. The van der Waals surface area contributed by atoms with Crippen LogP contribution in [0.2, 0.25) is 0 Å². The Labute approximate surface area is 380 Å². The molecule has 7 atom stereocenters. The first kappa shape index (κ1) is 45.0. The summed E-state index contributed by atoms with van der Waals surface area (Å²) < 4.78 is 47.6. The zero-order chi connectivity index (χ0) is 45.3. The maximum atomic E-state index is 15.1. The predicted octanol–water partition coefficient (Wildman–Crippen LogP) is 4.99. The summed E-state index contributed by atoms with van der Waals surface area (Å²) in [5, 5.41) is 5.99. The van der Waals surface area contributed by atoms with Crippen LogP contribution in [0.25, 0.3) is 10.9 Å². The molecule has 9 rings (SSSR count). The van der Waals surface area contributed by atoms with Crippen LogP contribution in [0.4, 0.5) is 4.79 Å². The van der Waals surface area contributed by atoms with Crippen LogP contribution in [0.3, 0.4) is 0 Å². The number of pyridine rings is 1. The molecule has 4 saturated carbocycles. The van der Waals surface area contributed by atoms with Crippen molar-refractivity contribution in [2.24, 2.45) is 17.8 Å². The first-order chi connectivity index (χ1) is 31.4. The number of sulfonamides is 1. The van der Waals surface area contributed by atoms with Crippen LogP contribution < -0.4 is 24.8 Å². The fraction of sp³-hybridized carbons (Fsp3) is 0.625. The van der Waals surface area contributed by atoms with Gasteiger partial charge in [-0.15, -0.1) is 6.58 Å². The number of aromatic nitrogens is 1. The van der Waals surface area contributed by atoms with E-state index >= 15 is 4.79 Å². The van der Waals surface area contributed by atoms with Crippen LogP contribution in [0.1, 0.15) is 108 Å². The van der Waals surface area contributed by atoms with E-state index < -0.39 is 68.7 Å². The number of carbonyl (C=O) groups is 5. The van der Waals surface area contributed by atoms with Crippen molar-refractivity contribution in [1.82, 2.24) is 30.1 Å². The molecule has 2 saturated heterocycles. The van der Waals surface area contributed by atoms with Crippen LogP contribution in [0.15, 0.2) is 49.1 Å². The number of rotatable bonds is 12. The summed E-state index contributed by atoms with van der Waals surface area (Å²) in [5.41, 5.74) is -0.224. The summed E-state index contributed by atoms with van der Waals surface area (Å²) in [4.78, 5) is 78.0. The first-order valence-electron chi connectivity index (χ1n) is 23.9. The minimum atomic E-state index is -3.93. The van der Waals surface area contributed by atoms with Gasteiger partial charge in [0.1, 0.15) is 35.6 Å². The van der Waals surface area contributed by atoms with Gasteiger partial charge in [0.2, 0.25) is 33.6 Å². The number of nitrogens with one attached hydrogen (secondary N) is 3. The molecule has 5 amide bonds. The minimum absolute atomic E-state index is 0.0177. The average molecular weight is 915 g/mol. The summed E-state index contributed by atoms with van der Waals surface area (Å²) in [6, 6.07) is 5.52. The molecule has 7 aliphatic rings. The molecule has 4 aliphatic carbocycles. The lowest BCUT2D eigenvalue weighted by atomic mass is 9.96. The Hall–Kier alpha value is -5.19. The minimum Gasteiger partial charge on any atom is -0.492 e. The summed E-state index contributed by atoms with van der Waals surface area (Å²) in [7, 11) is -3.93. The van der Waals surface area contributed by atoms with E-state index in [-0.39, 0.29) is 43.2 Å². The first-order valence-corrected chi connectivity index (χ1v) is 25.4. The van der Waals surface area contributed by atoms with Crippen LogP contribution in [0, 0.1) is 17.8 Å². The van der Waals surface area contributed by atoms with Gasteiger partial charge in [0.15, 0.2) is 0 Å². The molecule has 1 aromatic heterocycles. The highest BCUT2D eigenvalue weighted by Gasteiger charge is 2.62. The summed E-state index contributed by atoms with van der Waals surface area (Å²) in [6.07, 6.45) is 14.9. The van der Waals surface area contributed by atoms with Crippen molar-refractivity contribution in [3.63, 3.8) is 0 Å². The van der Waals surface area contributed by atoms with Gasteiger partial charge in [-0.2, -0.15) is 0 Å². The molecule has 3 N–H and O–H groups in total. The number of nitrogens with zero attached hydrogens (tertiary/aromatic N) is 3. The van der Waals surface area contributed by atoms with E-state index in [0.29, 0.717) is 80.8 Å². The second-order valence-corrected chi connectivity index (χ2v) is 21.1. The lowest BCUT2D eigenvalue weighted by molar-refractivity contribution is -0.142. The number of carbonyl (C=O) groups excluding carboxylic acids is 5. The number of ether oxygens (including phenoxy) is 3. The summed E-state index contributed by atoms with van der Waals surface area (Å²) in [6.45, 7) is 5.49. The predicted molar refractivity (Wildman–Crippen MR) is 240 cm³/mol. The fourth-order valence-corrected chi connectivity index (χ4v) is 12.2. The molecule has 4 heterocycles. The molecule has 0 spiro atoms. The van der Waals surface area contributed by atoms with E-state index in [1.807, 2.05) is 29.2 Å². The van der Waals surface area contributed by atoms with Gasteiger partial charge in [0.05, 0.1) is 29.5 Å². The van der Waals surface area contributed by atoms with Crippen molar-refractivity contribution in [3.8, 4) is 11.6 Å². The number of fused-ring (bicyclic) bond motifs is 5. The van der Waals surface area contributed by atoms with Crippen molar-refractivity contribution in [2.75, 3.05) is 26.2 Å². The number of para-hydroxylation sites is 1. The fourth-order valence-electron chi connectivity index (χ4n) is 10.8. The molecule has 6 fully saturated rings. The summed E-state index contributed by atoms with van der Waals surface area (Å²) >= 11 is 0. The highest BCUT2D eigenvalue weighted by molar-refractivity contribution is 7.91. The Morgan fingerprint density at radius 3 is 2.54 bits per heavy atom. The molecule has 350 valence electrons. The Kier molecular flexibility index (Phi) is 13.1. The van der Waals surface area contributed by atoms with Gasteiger partial charge < -0.3 is 34.6 Å². The smallest absolute Gasteiger partial charge is 0.408 e. The van der Waals surface area contributed by atoms with E-state index in [0.717, 1.165) is 63.3 Å². The Morgan fingerprint density at radius 1 is 0.985 bits per heavy atom. The Bertz CT molecular complexity index is 2330. The molecule has 2 bridgehead atoms. The van der Waals surface area contributed by atoms with Gasteiger partial charge in [-0.25, -0.2) is 18.2 Å². The highest BCUT2D eigenvalue weighted by atomic mass is 32.2. The molecule has 65 heavy (non-hydrogen) atoms. The van der Waals surface area contributed by atoms with Crippen LogP contribution >= 0.6 is 0 Å². The quantitative estimate of drug-likeness (QED) is 0.191. The van der Waals surface area contributed by atoms with Crippen molar-refractivity contribution < 1.29 is 46.6 Å². The molecule has 16 nitrogen and oxygen atoms in total. The number of likely N-dealkylation sites (tertiary alicyclic amines) is 1. The number of allylic oxidation sites excluding steroid dienone is 2. The molecule has 1 aromatic carbocycles. The number of benzene rings is 1. The topological polar surface area (TPSA) is 203 Å². The largest absolute Gasteiger partial charge is 0.492 e. The average Bonchev–Trinajstić information content (AvgIpc) is 3.96. The SMILES string of the molecule is C=CC1C[C@]1(NC(=O)[C@@H]1C[C@@H]2CN1C(=O)[C@H](C1CCCC1)NC(=O)O[C@@H]1CCC[C@H]1CC/C=C/Cc1c(nc3ccccc3c1OCCCN1CCCC1=O)O2)C(=O)NS(=O)(=O)C1CC1.